The largest absolute Gasteiger partial charge is 0.371 e. The van der Waals surface area contributed by atoms with Crippen LogP contribution >= 0.6 is 0 Å². The summed E-state index contributed by atoms with van der Waals surface area (Å²) in [6.45, 7) is 4.65. The van der Waals surface area contributed by atoms with Crippen LogP contribution < -0.4 is 15.5 Å². The Morgan fingerprint density at radius 2 is 2.00 bits per heavy atom. The molecule has 1 unspecified atom stereocenters. The van der Waals surface area contributed by atoms with Crippen molar-refractivity contribution in [2.24, 2.45) is 0 Å². The molecule has 2 heterocycles. The molecule has 0 aliphatic carbocycles. The fraction of sp³-hybridized carbons (Fsp3) is 0.611. The van der Waals surface area contributed by atoms with Crippen molar-refractivity contribution in [3.8, 4) is 0 Å². The lowest BCUT2D eigenvalue weighted by Gasteiger charge is -2.36. The number of piperidine rings is 1. The van der Waals surface area contributed by atoms with Gasteiger partial charge in [0.1, 0.15) is 5.82 Å². The summed E-state index contributed by atoms with van der Waals surface area (Å²) in [6.07, 6.45) is 5.14. The number of nitrogens with one attached hydrogen (secondary N) is 2. The minimum Gasteiger partial charge on any atom is -0.371 e. The Balaban J connectivity index is 1.54. The average Bonchev–Trinajstić information content (AvgIpc) is 2.73. The predicted molar refractivity (Wildman–Crippen MR) is 90.2 cm³/mol. The van der Waals surface area contributed by atoms with Crippen molar-refractivity contribution in [3.63, 3.8) is 0 Å². The summed E-state index contributed by atoms with van der Waals surface area (Å²) in [7, 11) is 0. The molecule has 126 valence electrons. The molecule has 2 N–H and O–H groups in total. The van der Waals surface area contributed by atoms with E-state index in [1.165, 1.54) is 6.07 Å². The monoisotopic (exact) mass is 319 g/mol. The first-order valence-corrected chi connectivity index (χ1v) is 8.68. The van der Waals surface area contributed by atoms with Gasteiger partial charge in [-0.3, -0.25) is 4.79 Å². The van der Waals surface area contributed by atoms with Gasteiger partial charge in [-0.1, -0.05) is 0 Å². The molecule has 0 radical (unpaired) electrons. The van der Waals surface area contributed by atoms with Crippen molar-refractivity contribution in [1.82, 2.24) is 10.6 Å². The molecule has 1 aromatic rings. The van der Waals surface area contributed by atoms with Crippen LogP contribution in [0, 0.1) is 12.7 Å². The van der Waals surface area contributed by atoms with Crippen LogP contribution in [0.2, 0.25) is 0 Å². The maximum absolute atomic E-state index is 13.2. The Morgan fingerprint density at radius 3 is 2.74 bits per heavy atom. The van der Waals surface area contributed by atoms with Crippen LogP contribution in [0.1, 0.15) is 37.7 Å². The van der Waals surface area contributed by atoms with E-state index in [1.807, 2.05) is 13.0 Å². The number of aryl methyl sites for hydroxylation is 1. The van der Waals surface area contributed by atoms with E-state index in [0.29, 0.717) is 6.04 Å². The normalized spacial score (nSPS) is 23.5. The second-order valence-electron chi connectivity index (χ2n) is 6.70. The molecule has 4 nitrogen and oxygen atoms in total. The topological polar surface area (TPSA) is 44.4 Å². The van der Waals surface area contributed by atoms with E-state index < -0.39 is 0 Å². The number of anilines is 1. The highest BCUT2D eigenvalue weighted by Crippen LogP contribution is 2.25. The standard InChI is InChI=1S/C18H26FN3O/c1-13-12-14(19)5-6-17(13)22-10-7-15(8-11-22)21-16-4-2-3-9-20-18(16)23/h5-6,12,15-16,21H,2-4,7-11H2,1H3,(H,20,23). The van der Waals surface area contributed by atoms with E-state index >= 15 is 0 Å². The third kappa shape index (κ3) is 4.02. The first-order valence-electron chi connectivity index (χ1n) is 8.68. The number of benzene rings is 1. The van der Waals surface area contributed by atoms with Crippen LogP contribution in [0.25, 0.3) is 0 Å². The molecule has 0 bridgehead atoms. The minimum atomic E-state index is -0.179. The number of nitrogens with zero attached hydrogens (tertiary/aromatic N) is 1. The molecule has 2 fully saturated rings. The van der Waals surface area contributed by atoms with Crippen molar-refractivity contribution < 1.29 is 9.18 Å². The van der Waals surface area contributed by atoms with Gasteiger partial charge in [-0.2, -0.15) is 0 Å². The zero-order valence-corrected chi connectivity index (χ0v) is 13.8. The highest BCUT2D eigenvalue weighted by atomic mass is 19.1. The van der Waals surface area contributed by atoms with Gasteiger partial charge in [0.15, 0.2) is 0 Å². The lowest BCUT2D eigenvalue weighted by Crippen LogP contribution is -2.51. The smallest absolute Gasteiger partial charge is 0.237 e. The van der Waals surface area contributed by atoms with Crippen LogP contribution in [-0.2, 0) is 4.79 Å². The van der Waals surface area contributed by atoms with Crippen molar-refractivity contribution in [2.45, 2.75) is 51.1 Å². The molecule has 3 rings (SSSR count). The maximum Gasteiger partial charge on any atom is 0.237 e. The molecule has 0 saturated carbocycles. The molecule has 1 amide bonds. The Labute approximate surface area is 137 Å². The van der Waals surface area contributed by atoms with E-state index in [1.54, 1.807) is 6.07 Å². The molecule has 1 atom stereocenters. The Kier molecular flexibility index (Phi) is 5.16. The molecule has 1 aromatic carbocycles. The first kappa shape index (κ1) is 16.2. The summed E-state index contributed by atoms with van der Waals surface area (Å²) < 4.78 is 13.2. The zero-order valence-electron chi connectivity index (χ0n) is 13.8. The summed E-state index contributed by atoms with van der Waals surface area (Å²) in [6, 6.07) is 5.34. The van der Waals surface area contributed by atoms with Crippen LogP contribution in [0.15, 0.2) is 18.2 Å². The fourth-order valence-electron chi connectivity index (χ4n) is 3.64. The molecule has 0 aromatic heterocycles. The summed E-state index contributed by atoms with van der Waals surface area (Å²) in [5.74, 6) is -0.0264. The molecule has 2 saturated heterocycles. The van der Waals surface area contributed by atoms with E-state index in [4.69, 9.17) is 0 Å². The Morgan fingerprint density at radius 1 is 1.22 bits per heavy atom. The molecular weight excluding hydrogens is 293 g/mol. The minimum absolute atomic E-state index is 0.0402. The third-order valence-electron chi connectivity index (χ3n) is 4.97. The predicted octanol–water partition coefficient (Wildman–Crippen LogP) is 2.36. The van der Waals surface area contributed by atoms with Crippen molar-refractivity contribution in [2.75, 3.05) is 24.5 Å². The molecule has 5 heteroatoms. The van der Waals surface area contributed by atoms with Crippen molar-refractivity contribution in [1.29, 1.82) is 0 Å². The molecule has 23 heavy (non-hydrogen) atoms. The van der Waals surface area contributed by atoms with Gasteiger partial charge in [0.05, 0.1) is 6.04 Å². The quantitative estimate of drug-likeness (QED) is 0.899. The van der Waals surface area contributed by atoms with Gasteiger partial charge >= 0.3 is 0 Å². The van der Waals surface area contributed by atoms with Gasteiger partial charge in [-0.05, 0) is 62.8 Å². The third-order valence-corrected chi connectivity index (χ3v) is 4.97. The fourth-order valence-corrected chi connectivity index (χ4v) is 3.64. The SMILES string of the molecule is Cc1cc(F)ccc1N1CCC(NC2CCCCNC2=O)CC1. The van der Waals surface area contributed by atoms with Crippen LogP contribution in [-0.4, -0.2) is 37.6 Å². The molecule has 0 spiro atoms. The number of hydrogen-bond donors (Lipinski definition) is 2. The van der Waals surface area contributed by atoms with Crippen molar-refractivity contribution >= 4 is 11.6 Å². The van der Waals surface area contributed by atoms with E-state index in [-0.39, 0.29) is 17.8 Å². The molecule has 2 aliphatic heterocycles. The number of halogens is 1. The number of carbonyl (C=O) groups excluding carboxylic acids is 1. The molecule has 2 aliphatic rings. The van der Waals surface area contributed by atoms with E-state index in [0.717, 1.165) is 63.0 Å². The van der Waals surface area contributed by atoms with Crippen LogP contribution in [0.3, 0.4) is 0 Å². The number of hydrogen-bond acceptors (Lipinski definition) is 3. The average molecular weight is 319 g/mol. The second kappa shape index (κ2) is 7.30. The first-order chi connectivity index (χ1) is 11.1. The van der Waals surface area contributed by atoms with Gasteiger partial charge < -0.3 is 15.5 Å². The van der Waals surface area contributed by atoms with Gasteiger partial charge in [0.2, 0.25) is 5.91 Å². The summed E-state index contributed by atoms with van der Waals surface area (Å²) in [5, 5.41) is 6.53. The number of carbonyl (C=O) groups is 1. The highest BCUT2D eigenvalue weighted by molar-refractivity contribution is 5.81. The second-order valence-corrected chi connectivity index (χ2v) is 6.70. The number of rotatable bonds is 3. The van der Waals surface area contributed by atoms with E-state index in [2.05, 4.69) is 15.5 Å². The number of amides is 1. The van der Waals surface area contributed by atoms with Crippen LogP contribution in [0.5, 0.6) is 0 Å². The van der Waals surface area contributed by atoms with Crippen molar-refractivity contribution in [3.05, 3.63) is 29.6 Å². The van der Waals surface area contributed by atoms with Gasteiger partial charge in [0, 0.05) is 31.4 Å². The summed E-state index contributed by atoms with van der Waals surface area (Å²) in [5.41, 5.74) is 2.11. The van der Waals surface area contributed by atoms with Gasteiger partial charge in [-0.25, -0.2) is 4.39 Å². The van der Waals surface area contributed by atoms with Crippen LogP contribution in [0.4, 0.5) is 10.1 Å². The summed E-state index contributed by atoms with van der Waals surface area (Å²) >= 11 is 0. The zero-order chi connectivity index (χ0) is 16.2. The van der Waals surface area contributed by atoms with Gasteiger partial charge in [0.25, 0.3) is 0 Å². The molecular formula is C18H26FN3O. The van der Waals surface area contributed by atoms with E-state index in [9.17, 15) is 9.18 Å². The lowest BCUT2D eigenvalue weighted by atomic mass is 10.0. The lowest BCUT2D eigenvalue weighted by molar-refractivity contribution is -0.123. The Hall–Kier alpha value is -1.62. The Bertz CT molecular complexity index is 555. The highest BCUT2D eigenvalue weighted by Gasteiger charge is 2.26. The maximum atomic E-state index is 13.2. The van der Waals surface area contributed by atoms with Gasteiger partial charge in [-0.15, -0.1) is 0 Å². The summed E-state index contributed by atoms with van der Waals surface area (Å²) in [4.78, 5) is 14.4.